The van der Waals surface area contributed by atoms with Crippen molar-refractivity contribution in [2.75, 3.05) is 12.8 Å². The van der Waals surface area contributed by atoms with Crippen LogP contribution >= 0.6 is 0 Å². The van der Waals surface area contributed by atoms with E-state index >= 15 is 0 Å². The molecule has 0 spiro atoms. The van der Waals surface area contributed by atoms with Crippen LogP contribution in [0.3, 0.4) is 0 Å². The zero-order valence-corrected chi connectivity index (χ0v) is 26.6. The highest BCUT2D eigenvalue weighted by atomic mass is 32.2. The standard InChI is InChI=1S/C24H25N5O3S.C6H6N6O2/c1-15(2)33(30,31)19-10-8-18(9-11-19)21-14-27-24(25)23(28-21)22-12-20(29-32-22)17-6-4-16(5-7-17)13-26-3;1-11-6(14)12-2-8-3(4(7)13)5(12)9-10-11/h4-12,14-15,26H,13H2,1-3H3,(H2,25,27);2H,1H3,(H2,7,13). The Morgan fingerprint density at radius 3 is 2.32 bits per heavy atom. The first kappa shape index (κ1) is 32.6. The average Bonchev–Trinajstić information content (AvgIpc) is 3.73. The van der Waals surface area contributed by atoms with Crippen LogP contribution in [-0.4, -0.2) is 66.1 Å². The van der Waals surface area contributed by atoms with Crippen LogP contribution in [-0.2, 0) is 23.4 Å². The van der Waals surface area contributed by atoms with Crippen molar-refractivity contribution in [1.82, 2.24) is 44.8 Å². The summed E-state index contributed by atoms with van der Waals surface area (Å²) in [6.07, 6.45) is 2.73. The van der Waals surface area contributed by atoms with E-state index in [0.29, 0.717) is 28.4 Å². The van der Waals surface area contributed by atoms with E-state index in [9.17, 15) is 18.0 Å². The fraction of sp³-hybridized carbons (Fsp3) is 0.200. The predicted octanol–water partition coefficient (Wildman–Crippen LogP) is 1.87. The number of aryl methyl sites for hydroxylation is 1. The monoisotopic (exact) mass is 657 g/mol. The van der Waals surface area contributed by atoms with Gasteiger partial charge in [-0.25, -0.2) is 32.6 Å². The van der Waals surface area contributed by atoms with Crippen LogP contribution in [0.2, 0.25) is 0 Å². The highest BCUT2D eigenvalue weighted by molar-refractivity contribution is 7.92. The summed E-state index contributed by atoms with van der Waals surface area (Å²) in [6.45, 7) is 4.10. The molecule has 0 aliphatic heterocycles. The minimum atomic E-state index is -3.35. The summed E-state index contributed by atoms with van der Waals surface area (Å²) < 4.78 is 32.4. The molecule has 0 saturated heterocycles. The minimum absolute atomic E-state index is 0.0600. The second kappa shape index (κ2) is 13.3. The number of rotatable bonds is 8. The molecule has 17 heteroatoms. The molecule has 6 aromatic rings. The number of hydrogen-bond donors (Lipinski definition) is 3. The summed E-state index contributed by atoms with van der Waals surface area (Å²) in [4.78, 5) is 35.0. The van der Waals surface area contributed by atoms with E-state index in [1.807, 2.05) is 31.3 Å². The Bertz CT molecular complexity index is 2220. The Morgan fingerprint density at radius 1 is 1.02 bits per heavy atom. The highest BCUT2D eigenvalue weighted by Gasteiger charge is 2.20. The summed E-state index contributed by atoms with van der Waals surface area (Å²) >= 11 is 0. The summed E-state index contributed by atoms with van der Waals surface area (Å²) in [5.41, 5.74) is 15.0. The fourth-order valence-corrected chi connectivity index (χ4v) is 5.44. The molecule has 0 aliphatic carbocycles. The van der Waals surface area contributed by atoms with E-state index in [1.165, 1.54) is 18.9 Å². The zero-order chi connectivity index (χ0) is 33.9. The number of fused-ring (bicyclic) bond motifs is 1. The minimum Gasteiger partial charge on any atom is -0.382 e. The number of nitrogens with two attached hydrogens (primary N) is 2. The second-order valence-electron chi connectivity index (χ2n) is 10.6. The van der Waals surface area contributed by atoms with Crippen LogP contribution in [0.15, 0.2) is 81.3 Å². The molecule has 0 unspecified atom stereocenters. The number of primary amides is 1. The van der Waals surface area contributed by atoms with Crippen molar-refractivity contribution >= 4 is 27.2 Å². The van der Waals surface area contributed by atoms with E-state index in [0.717, 1.165) is 21.2 Å². The molecule has 1 amide bonds. The Kier molecular flexibility index (Phi) is 9.20. The highest BCUT2D eigenvalue weighted by Crippen LogP contribution is 2.30. The molecule has 47 heavy (non-hydrogen) atoms. The maximum atomic E-state index is 12.4. The number of carbonyl (C=O) groups is 1. The van der Waals surface area contributed by atoms with E-state index in [4.69, 9.17) is 16.0 Å². The van der Waals surface area contributed by atoms with E-state index < -0.39 is 26.7 Å². The van der Waals surface area contributed by atoms with Crippen molar-refractivity contribution in [3.63, 3.8) is 0 Å². The maximum absolute atomic E-state index is 12.4. The maximum Gasteiger partial charge on any atom is 0.352 e. The lowest BCUT2D eigenvalue weighted by molar-refractivity contribution is 0.0997. The number of nitrogens with zero attached hydrogens (tertiary/aromatic N) is 8. The Labute approximate surface area is 268 Å². The largest absolute Gasteiger partial charge is 0.382 e. The molecule has 0 atom stereocenters. The van der Waals surface area contributed by atoms with Gasteiger partial charge in [0.2, 0.25) is 0 Å². The van der Waals surface area contributed by atoms with Gasteiger partial charge in [0.25, 0.3) is 5.91 Å². The Morgan fingerprint density at radius 2 is 1.68 bits per heavy atom. The molecule has 5 N–H and O–H groups in total. The Hall–Kier alpha value is -5.81. The number of sulfone groups is 1. The van der Waals surface area contributed by atoms with Crippen molar-refractivity contribution in [1.29, 1.82) is 0 Å². The van der Waals surface area contributed by atoms with Gasteiger partial charge in [0.1, 0.15) is 12.0 Å². The van der Waals surface area contributed by atoms with Gasteiger partial charge in [0, 0.05) is 30.8 Å². The number of nitrogen functional groups attached to an aromatic ring is 1. The molecule has 0 saturated carbocycles. The Balaban J connectivity index is 0.000000257. The quantitative estimate of drug-likeness (QED) is 0.212. The first-order valence-corrected chi connectivity index (χ1v) is 15.7. The number of benzene rings is 2. The molecule has 2 aromatic carbocycles. The number of hydrogen-bond acceptors (Lipinski definition) is 13. The molecule has 16 nitrogen and oxygen atoms in total. The SMILES string of the molecule is CNCc1ccc(-c2cc(-c3nc(-c4ccc(S(=O)(=O)C(C)C)cc4)cnc3N)on2)cc1.Cn1nnc2c(C(N)=O)ncn2c1=O. The van der Waals surface area contributed by atoms with E-state index in [-0.39, 0.29) is 22.1 Å². The molecule has 4 heterocycles. The topological polar surface area (TPSA) is 232 Å². The van der Waals surface area contributed by atoms with Crippen LogP contribution < -0.4 is 22.5 Å². The predicted molar refractivity (Wildman–Crippen MR) is 172 cm³/mol. The molecule has 6 rings (SSSR count). The average molecular weight is 658 g/mol. The number of anilines is 1. The van der Waals surface area contributed by atoms with Gasteiger partial charge in [-0.2, -0.15) is 4.68 Å². The van der Waals surface area contributed by atoms with Crippen molar-refractivity contribution < 1.29 is 17.7 Å². The van der Waals surface area contributed by atoms with Gasteiger partial charge in [0.15, 0.2) is 38.5 Å². The van der Waals surface area contributed by atoms with Crippen LogP contribution in [0.5, 0.6) is 0 Å². The molecule has 0 bridgehead atoms. The molecule has 0 aliphatic rings. The first-order chi connectivity index (χ1) is 22.4. The van der Waals surface area contributed by atoms with E-state index in [2.05, 4.69) is 35.7 Å². The van der Waals surface area contributed by atoms with Gasteiger partial charge < -0.3 is 21.3 Å². The molecule has 242 valence electrons. The molecular weight excluding hydrogens is 626 g/mol. The van der Waals surface area contributed by atoms with Crippen molar-refractivity contribution in [3.05, 3.63) is 88.9 Å². The van der Waals surface area contributed by atoms with Gasteiger partial charge in [0.05, 0.1) is 22.0 Å². The smallest absolute Gasteiger partial charge is 0.352 e. The van der Waals surface area contributed by atoms with Crippen LogP contribution in [0, 0.1) is 0 Å². The number of carbonyl (C=O) groups excluding carboxylic acids is 1. The summed E-state index contributed by atoms with van der Waals surface area (Å²) in [7, 11) is -0.00100. The van der Waals surface area contributed by atoms with Crippen LogP contribution in [0.4, 0.5) is 5.82 Å². The number of imidazole rings is 1. The lowest BCUT2D eigenvalue weighted by Gasteiger charge is -2.09. The lowest BCUT2D eigenvalue weighted by atomic mass is 10.1. The molecule has 0 fully saturated rings. The van der Waals surface area contributed by atoms with E-state index in [1.54, 1.807) is 50.4 Å². The van der Waals surface area contributed by atoms with Gasteiger partial charge in [-0.05, 0) is 38.6 Å². The number of amides is 1. The summed E-state index contributed by atoms with van der Waals surface area (Å²) in [5.74, 6) is -0.130. The lowest BCUT2D eigenvalue weighted by Crippen LogP contribution is -2.27. The summed E-state index contributed by atoms with van der Waals surface area (Å²) in [5, 5.41) is 13.9. The third-order valence-electron chi connectivity index (χ3n) is 7.01. The normalized spacial score (nSPS) is 11.4. The number of nitrogens with one attached hydrogen (secondary N) is 1. The molecular formula is C30H31N11O5S. The van der Waals surface area contributed by atoms with Crippen LogP contribution in [0.1, 0.15) is 29.9 Å². The van der Waals surface area contributed by atoms with Crippen molar-refractivity contribution in [2.45, 2.75) is 30.5 Å². The van der Waals surface area contributed by atoms with Gasteiger partial charge >= 0.3 is 5.69 Å². The van der Waals surface area contributed by atoms with Crippen molar-refractivity contribution in [2.24, 2.45) is 12.8 Å². The van der Waals surface area contributed by atoms with Gasteiger partial charge in [-0.15, -0.1) is 5.10 Å². The van der Waals surface area contributed by atoms with Gasteiger partial charge in [-0.3, -0.25) is 4.79 Å². The first-order valence-electron chi connectivity index (χ1n) is 14.2. The summed E-state index contributed by atoms with van der Waals surface area (Å²) in [6, 6.07) is 16.3. The van der Waals surface area contributed by atoms with Crippen molar-refractivity contribution in [3.8, 4) is 34.0 Å². The van der Waals surface area contributed by atoms with Crippen LogP contribution in [0.25, 0.3) is 39.6 Å². The third-order valence-corrected chi connectivity index (χ3v) is 9.18. The molecule has 0 radical (unpaired) electrons. The fourth-order valence-electron chi connectivity index (χ4n) is 4.38. The van der Waals surface area contributed by atoms with Gasteiger partial charge in [-0.1, -0.05) is 46.8 Å². The zero-order valence-electron chi connectivity index (χ0n) is 25.8. The third kappa shape index (κ3) is 6.75. The molecule has 4 aromatic heterocycles. The second-order valence-corrected chi connectivity index (χ2v) is 13.1. The number of aromatic nitrogens is 8.